The van der Waals surface area contributed by atoms with Crippen LogP contribution in [-0.4, -0.2) is 20.9 Å². The number of furan rings is 1. The summed E-state index contributed by atoms with van der Waals surface area (Å²) in [6.07, 6.45) is 1.52. The first-order chi connectivity index (χ1) is 14.3. The van der Waals surface area contributed by atoms with Gasteiger partial charge in [0, 0.05) is 6.04 Å². The third kappa shape index (κ3) is 5.85. The molecule has 7 nitrogen and oxygen atoms in total. The molecule has 30 heavy (non-hydrogen) atoms. The summed E-state index contributed by atoms with van der Waals surface area (Å²) in [6.45, 7) is 1.73. The topological polar surface area (TPSA) is 97.6 Å². The number of benzene rings is 2. The van der Waals surface area contributed by atoms with E-state index in [9.17, 15) is 13.2 Å². The Kier molecular flexibility index (Phi) is 7.15. The van der Waals surface area contributed by atoms with Crippen LogP contribution < -0.4 is 14.8 Å². The standard InChI is InChI=1S/C21H21ClN2O5S/c1-15(16-6-3-2-4-7-16)24-30(26,27)18-9-10-20(19(22)12-18)29-14-21(25)23-13-17-8-5-11-28-17/h2-12,15,24H,13-14H2,1H3,(H,23,25)/t15-/m1/s1. The number of amides is 1. The van der Waals surface area contributed by atoms with E-state index in [0.717, 1.165) is 5.56 Å². The molecule has 158 valence electrons. The lowest BCUT2D eigenvalue weighted by atomic mass is 10.1. The van der Waals surface area contributed by atoms with Gasteiger partial charge in [0.25, 0.3) is 5.91 Å². The molecule has 1 aromatic heterocycles. The maximum atomic E-state index is 12.7. The first-order valence-corrected chi connectivity index (χ1v) is 11.0. The van der Waals surface area contributed by atoms with Crippen LogP contribution in [0.5, 0.6) is 5.75 Å². The molecule has 0 aliphatic rings. The normalized spacial score (nSPS) is 12.3. The second-order valence-electron chi connectivity index (χ2n) is 6.49. The van der Waals surface area contributed by atoms with Crippen LogP contribution in [0.4, 0.5) is 0 Å². The quantitative estimate of drug-likeness (QED) is 0.520. The lowest BCUT2D eigenvalue weighted by Gasteiger charge is -2.15. The highest BCUT2D eigenvalue weighted by Crippen LogP contribution is 2.28. The van der Waals surface area contributed by atoms with Gasteiger partial charge in [0.15, 0.2) is 6.61 Å². The molecule has 0 bridgehead atoms. The van der Waals surface area contributed by atoms with E-state index in [1.165, 1.54) is 24.5 Å². The van der Waals surface area contributed by atoms with Crippen LogP contribution in [0, 0.1) is 0 Å². The minimum Gasteiger partial charge on any atom is -0.482 e. The molecule has 1 amide bonds. The molecule has 0 fully saturated rings. The molecule has 1 heterocycles. The minimum atomic E-state index is -3.79. The molecule has 0 saturated carbocycles. The highest BCUT2D eigenvalue weighted by atomic mass is 35.5. The van der Waals surface area contributed by atoms with Crippen molar-refractivity contribution in [2.45, 2.75) is 24.4 Å². The summed E-state index contributed by atoms with van der Waals surface area (Å²) in [5.74, 6) is 0.463. The predicted molar refractivity (Wildman–Crippen MR) is 113 cm³/mol. The van der Waals surface area contributed by atoms with E-state index in [1.807, 2.05) is 30.3 Å². The van der Waals surface area contributed by atoms with Gasteiger partial charge in [-0.1, -0.05) is 41.9 Å². The van der Waals surface area contributed by atoms with Crippen molar-refractivity contribution < 1.29 is 22.4 Å². The molecular formula is C21H21ClN2O5S. The largest absolute Gasteiger partial charge is 0.482 e. The van der Waals surface area contributed by atoms with Crippen LogP contribution in [0.2, 0.25) is 5.02 Å². The monoisotopic (exact) mass is 448 g/mol. The highest BCUT2D eigenvalue weighted by Gasteiger charge is 2.20. The van der Waals surface area contributed by atoms with E-state index in [4.69, 9.17) is 20.8 Å². The first kappa shape index (κ1) is 21.9. The number of halogens is 1. The zero-order valence-corrected chi connectivity index (χ0v) is 17.7. The van der Waals surface area contributed by atoms with Crippen molar-refractivity contribution in [2.24, 2.45) is 0 Å². The molecule has 1 atom stereocenters. The van der Waals surface area contributed by atoms with Crippen LogP contribution in [0.15, 0.2) is 76.2 Å². The van der Waals surface area contributed by atoms with E-state index in [2.05, 4.69) is 10.0 Å². The molecule has 0 radical (unpaired) electrons. The van der Waals surface area contributed by atoms with Crippen LogP contribution >= 0.6 is 11.6 Å². The SMILES string of the molecule is C[C@@H](NS(=O)(=O)c1ccc(OCC(=O)NCc2ccco2)c(Cl)c1)c1ccccc1. The number of carbonyl (C=O) groups excluding carboxylic acids is 1. The van der Waals surface area contributed by atoms with Gasteiger partial charge in [-0.3, -0.25) is 4.79 Å². The Morgan fingerprint density at radius 1 is 1.13 bits per heavy atom. The van der Waals surface area contributed by atoms with Gasteiger partial charge in [0.1, 0.15) is 11.5 Å². The van der Waals surface area contributed by atoms with Gasteiger partial charge < -0.3 is 14.5 Å². The molecule has 3 aromatic rings. The van der Waals surface area contributed by atoms with E-state index in [-0.39, 0.29) is 34.7 Å². The fourth-order valence-corrected chi connectivity index (χ4v) is 4.23. The third-order valence-corrected chi connectivity index (χ3v) is 6.08. The van der Waals surface area contributed by atoms with Crippen molar-refractivity contribution in [2.75, 3.05) is 6.61 Å². The molecule has 9 heteroatoms. The van der Waals surface area contributed by atoms with E-state index in [1.54, 1.807) is 19.1 Å². The zero-order chi connectivity index (χ0) is 21.6. The smallest absolute Gasteiger partial charge is 0.258 e. The Labute approximate surface area is 180 Å². The van der Waals surface area contributed by atoms with Gasteiger partial charge in [-0.05, 0) is 42.8 Å². The fourth-order valence-electron chi connectivity index (χ4n) is 2.67. The van der Waals surface area contributed by atoms with Gasteiger partial charge in [-0.2, -0.15) is 0 Å². The Hall–Kier alpha value is -2.81. The average Bonchev–Trinajstić information content (AvgIpc) is 3.25. The lowest BCUT2D eigenvalue weighted by Crippen LogP contribution is -2.28. The summed E-state index contributed by atoms with van der Waals surface area (Å²) in [7, 11) is -3.79. The third-order valence-electron chi connectivity index (χ3n) is 4.24. The zero-order valence-electron chi connectivity index (χ0n) is 16.2. The van der Waals surface area contributed by atoms with Crippen molar-refractivity contribution in [1.82, 2.24) is 10.0 Å². The summed E-state index contributed by atoms with van der Waals surface area (Å²) < 4.78 is 38.5. The van der Waals surface area contributed by atoms with Gasteiger partial charge in [0.2, 0.25) is 10.0 Å². The Morgan fingerprint density at radius 2 is 1.90 bits per heavy atom. The van der Waals surface area contributed by atoms with Crippen LogP contribution in [0.25, 0.3) is 0 Å². The molecule has 0 saturated heterocycles. The number of hydrogen-bond donors (Lipinski definition) is 2. The Bertz CT molecular complexity index is 1090. The van der Waals surface area contributed by atoms with Crippen LogP contribution in [-0.2, 0) is 21.4 Å². The Morgan fingerprint density at radius 3 is 2.57 bits per heavy atom. The molecule has 0 aliphatic carbocycles. The highest BCUT2D eigenvalue weighted by molar-refractivity contribution is 7.89. The molecule has 2 aromatic carbocycles. The van der Waals surface area contributed by atoms with Crippen LogP contribution in [0.3, 0.4) is 0 Å². The summed E-state index contributed by atoms with van der Waals surface area (Å²) in [4.78, 5) is 11.9. The van der Waals surface area contributed by atoms with Crippen molar-refractivity contribution in [1.29, 1.82) is 0 Å². The maximum absolute atomic E-state index is 12.7. The lowest BCUT2D eigenvalue weighted by molar-refractivity contribution is -0.123. The van der Waals surface area contributed by atoms with E-state index in [0.29, 0.717) is 5.76 Å². The minimum absolute atomic E-state index is 0.00454. The summed E-state index contributed by atoms with van der Waals surface area (Å²) in [5, 5.41) is 2.73. The molecule has 0 aliphatic heterocycles. The number of sulfonamides is 1. The summed E-state index contributed by atoms with van der Waals surface area (Å²) in [6, 6.07) is 16.4. The number of ether oxygens (including phenoxy) is 1. The summed E-state index contributed by atoms with van der Waals surface area (Å²) in [5.41, 5.74) is 0.840. The van der Waals surface area contributed by atoms with Gasteiger partial charge in [0.05, 0.1) is 22.7 Å². The second-order valence-corrected chi connectivity index (χ2v) is 8.61. The number of nitrogens with one attached hydrogen (secondary N) is 2. The van der Waals surface area contributed by atoms with Crippen molar-refractivity contribution in [3.63, 3.8) is 0 Å². The van der Waals surface area contributed by atoms with E-state index < -0.39 is 16.1 Å². The summed E-state index contributed by atoms with van der Waals surface area (Å²) >= 11 is 6.17. The predicted octanol–water partition coefficient (Wildman–Crippen LogP) is 3.67. The molecule has 0 unspecified atom stereocenters. The second kappa shape index (κ2) is 9.80. The van der Waals surface area contributed by atoms with Gasteiger partial charge in [-0.15, -0.1) is 0 Å². The molecule has 0 spiro atoms. The van der Waals surface area contributed by atoms with Crippen LogP contribution in [0.1, 0.15) is 24.3 Å². The molecule has 2 N–H and O–H groups in total. The number of carbonyl (C=O) groups is 1. The van der Waals surface area contributed by atoms with Gasteiger partial charge >= 0.3 is 0 Å². The average molecular weight is 449 g/mol. The Balaban J connectivity index is 1.59. The number of rotatable bonds is 9. The van der Waals surface area contributed by atoms with Crippen molar-refractivity contribution in [3.05, 3.63) is 83.3 Å². The van der Waals surface area contributed by atoms with Crippen molar-refractivity contribution >= 4 is 27.5 Å². The molecule has 3 rings (SSSR count). The van der Waals surface area contributed by atoms with Crippen molar-refractivity contribution in [3.8, 4) is 5.75 Å². The maximum Gasteiger partial charge on any atom is 0.258 e. The molecular weight excluding hydrogens is 428 g/mol. The van der Waals surface area contributed by atoms with Gasteiger partial charge in [-0.25, -0.2) is 13.1 Å². The first-order valence-electron chi connectivity index (χ1n) is 9.14. The fraction of sp³-hybridized carbons (Fsp3) is 0.190. The number of hydrogen-bond acceptors (Lipinski definition) is 5. The van der Waals surface area contributed by atoms with E-state index >= 15 is 0 Å².